The van der Waals surface area contributed by atoms with Gasteiger partial charge in [0, 0.05) is 5.39 Å². The van der Waals surface area contributed by atoms with Gasteiger partial charge in [-0.3, -0.25) is 0 Å². The Morgan fingerprint density at radius 3 is 2.46 bits per heavy atom. The molecule has 0 aliphatic heterocycles. The number of nitriles is 1. The maximum Gasteiger partial charge on any atom is 0.352 e. The van der Waals surface area contributed by atoms with Gasteiger partial charge in [0.05, 0.1) is 11.6 Å². The highest BCUT2D eigenvalue weighted by atomic mass is 16.6. The van der Waals surface area contributed by atoms with Gasteiger partial charge in [-0.05, 0) is 42.6 Å². The smallest absolute Gasteiger partial charge is 0.352 e. The molecule has 0 spiro atoms. The number of fused-ring (bicyclic) bond motifs is 1. The van der Waals surface area contributed by atoms with E-state index in [9.17, 15) is 4.79 Å². The van der Waals surface area contributed by atoms with E-state index in [2.05, 4.69) is 0 Å². The standard InChI is InChI=1S/C20H15NO3/c1-14(23-17-11-9-15(13-21)10-12-17)20(22)24-19-8-4-6-16-5-2-3-7-18(16)19/h2-12,14H,1H3. The summed E-state index contributed by atoms with van der Waals surface area (Å²) >= 11 is 0. The number of esters is 1. The third kappa shape index (κ3) is 3.36. The summed E-state index contributed by atoms with van der Waals surface area (Å²) in [5.41, 5.74) is 0.535. The molecule has 0 saturated heterocycles. The van der Waals surface area contributed by atoms with Crippen LogP contribution in [0.2, 0.25) is 0 Å². The van der Waals surface area contributed by atoms with Crippen molar-refractivity contribution in [3.8, 4) is 17.6 Å². The van der Waals surface area contributed by atoms with E-state index in [0.29, 0.717) is 17.1 Å². The summed E-state index contributed by atoms with van der Waals surface area (Å²) in [4.78, 5) is 12.3. The van der Waals surface area contributed by atoms with Crippen LogP contribution in [0.4, 0.5) is 0 Å². The predicted octanol–water partition coefficient (Wildman–Crippen LogP) is 4.08. The molecule has 1 atom stereocenters. The number of nitrogens with zero attached hydrogens (tertiary/aromatic N) is 1. The molecule has 3 aromatic carbocycles. The lowest BCUT2D eigenvalue weighted by Crippen LogP contribution is -2.28. The SMILES string of the molecule is CC(Oc1ccc(C#N)cc1)C(=O)Oc1cccc2ccccc12. The van der Waals surface area contributed by atoms with E-state index in [1.54, 1.807) is 37.3 Å². The molecule has 3 aromatic rings. The van der Waals surface area contributed by atoms with Crippen LogP contribution in [-0.4, -0.2) is 12.1 Å². The summed E-state index contributed by atoms with van der Waals surface area (Å²) in [7, 11) is 0. The zero-order chi connectivity index (χ0) is 16.9. The minimum Gasteiger partial charge on any atom is -0.479 e. The molecule has 0 N–H and O–H groups in total. The second-order valence-corrected chi connectivity index (χ2v) is 5.29. The molecule has 0 fully saturated rings. The van der Waals surface area contributed by atoms with Crippen molar-refractivity contribution in [3.05, 3.63) is 72.3 Å². The summed E-state index contributed by atoms with van der Waals surface area (Å²) in [6.07, 6.45) is -0.767. The van der Waals surface area contributed by atoms with E-state index in [-0.39, 0.29) is 0 Å². The molecule has 1 unspecified atom stereocenters. The predicted molar refractivity (Wildman–Crippen MR) is 90.8 cm³/mol. The largest absolute Gasteiger partial charge is 0.479 e. The average Bonchev–Trinajstić information content (AvgIpc) is 2.62. The number of hydrogen-bond acceptors (Lipinski definition) is 4. The van der Waals surface area contributed by atoms with Gasteiger partial charge in [0.2, 0.25) is 0 Å². The molecular formula is C20H15NO3. The monoisotopic (exact) mass is 317 g/mol. The number of carbonyl (C=O) groups is 1. The van der Waals surface area contributed by atoms with Crippen molar-refractivity contribution in [2.24, 2.45) is 0 Å². The Labute approximate surface area is 139 Å². The van der Waals surface area contributed by atoms with Gasteiger partial charge < -0.3 is 9.47 Å². The average molecular weight is 317 g/mol. The number of carbonyl (C=O) groups excluding carboxylic acids is 1. The molecule has 118 valence electrons. The van der Waals surface area contributed by atoms with Crippen LogP contribution in [0.5, 0.6) is 11.5 Å². The number of benzene rings is 3. The molecule has 4 nitrogen and oxygen atoms in total. The van der Waals surface area contributed by atoms with Crippen LogP contribution in [-0.2, 0) is 4.79 Å². The van der Waals surface area contributed by atoms with Gasteiger partial charge in [-0.15, -0.1) is 0 Å². The van der Waals surface area contributed by atoms with Crippen molar-refractivity contribution in [2.45, 2.75) is 13.0 Å². The molecule has 0 radical (unpaired) electrons. The van der Waals surface area contributed by atoms with E-state index >= 15 is 0 Å². The Bertz CT molecular complexity index is 905. The highest BCUT2D eigenvalue weighted by molar-refractivity contribution is 5.90. The Kier molecular flexibility index (Phi) is 4.44. The molecule has 0 saturated carbocycles. The first kappa shape index (κ1) is 15.6. The van der Waals surface area contributed by atoms with Crippen LogP contribution in [0.1, 0.15) is 12.5 Å². The maximum atomic E-state index is 12.3. The van der Waals surface area contributed by atoms with Crippen LogP contribution < -0.4 is 9.47 Å². The molecular weight excluding hydrogens is 302 g/mol. The van der Waals surface area contributed by atoms with Crippen LogP contribution in [0.15, 0.2) is 66.7 Å². The van der Waals surface area contributed by atoms with Crippen molar-refractivity contribution >= 4 is 16.7 Å². The van der Waals surface area contributed by atoms with E-state index in [1.165, 1.54) is 0 Å². The Balaban J connectivity index is 1.72. The Hall–Kier alpha value is -3.32. The van der Waals surface area contributed by atoms with Gasteiger partial charge >= 0.3 is 5.97 Å². The van der Waals surface area contributed by atoms with Crippen molar-refractivity contribution < 1.29 is 14.3 Å². The number of rotatable bonds is 4. The minimum absolute atomic E-state index is 0.476. The van der Waals surface area contributed by atoms with Crippen LogP contribution in [0, 0.1) is 11.3 Å². The molecule has 0 amide bonds. The normalized spacial score (nSPS) is 11.5. The van der Waals surface area contributed by atoms with Crippen molar-refractivity contribution in [2.75, 3.05) is 0 Å². The fourth-order valence-electron chi connectivity index (χ4n) is 2.34. The van der Waals surface area contributed by atoms with E-state index in [1.807, 2.05) is 42.5 Å². The van der Waals surface area contributed by atoms with E-state index in [4.69, 9.17) is 14.7 Å². The van der Waals surface area contributed by atoms with Gasteiger partial charge in [0.1, 0.15) is 11.5 Å². The number of hydrogen-bond donors (Lipinski definition) is 0. The topological polar surface area (TPSA) is 59.3 Å². The lowest BCUT2D eigenvalue weighted by Gasteiger charge is -2.14. The second kappa shape index (κ2) is 6.84. The van der Waals surface area contributed by atoms with Gasteiger partial charge in [0.25, 0.3) is 0 Å². The zero-order valence-corrected chi connectivity index (χ0v) is 13.1. The zero-order valence-electron chi connectivity index (χ0n) is 13.1. The summed E-state index contributed by atoms with van der Waals surface area (Å²) in [5, 5.41) is 10.7. The molecule has 24 heavy (non-hydrogen) atoms. The highest BCUT2D eigenvalue weighted by Crippen LogP contribution is 2.25. The van der Waals surface area contributed by atoms with Gasteiger partial charge in [-0.2, -0.15) is 5.26 Å². The molecule has 0 heterocycles. The minimum atomic E-state index is -0.767. The summed E-state index contributed by atoms with van der Waals surface area (Å²) in [6, 6.07) is 21.9. The van der Waals surface area contributed by atoms with Crippen molar-refractivity contribution in [3.63, 3.8) is 0 Å². The maximum absolute atomic E-state index is 12.3. The summed E-state index contributed by atoms with van der Waals surface area (Å²) < 4.78 is 11.1. The first-order valence-corrected chi connectivity index (χ1v) is 7.53. The Morgan fingerprint density at radius 1 is 1.00 bits per heavy atom. The van der Waals surface area contributed by atoms with Crippen LogP contribution in [0.3, 0.4) is 0 Å². The summed E-state index contributed by atoms with van der Waals surface area (Å²) in [6.45, 7) is 1.63. The summed E-state index contributed by atoms with van der Waals surface area (Å²) in [5.74, 6) is 0.542. The fourth-order valence-corrected chi connectivity index (χ4v) is 2.34. The van der Waals surface area contributed by atoms with Crippen LogP contribution in [0.25, 0.3) is 10.8 Å². The van der Waals surface area contributed by atoms with Gasteiger partial charge in [0.15, 0.2) is 6.10 Å². The van der Waals surface area contributed by atoms with Crippen molar-refractivity contribution in [1.82, 2.24) is 0 Å². The lowest BCUT2D eigenvalue weighted by molar-refractivity contribution is -0.141. The molecule has 0 aliphatic rings. The molecule has 0 aromatic heterocycles. The van der Waals surface area contributed by atoms with Crippen molar-refractivity contribution in [1.29, 1.82) is 5.26 Å². The van der Waals surface area contributed by atoms with Crippen LogP contribution >= 0.6 is 0 Å². The van der Waals surface area contributed by atoms with Gasteiger partial charge in [-0.1, -0.05) is 36.4 Å². The number of ether oxygens (including phenoxy) is 2. The first-order chi connectivity index (χ1) is 11.7. The highest BCUT2D eigenvalue weighted by Gasteiger charge is 2.18. The quantitative estimate of drug-likeness (QED) is 0.537. The molecule has 0 bridgehead atoms. The van der Waals surface area contributed by atoms with Gasteiger partial charge in [-0.25, -0.2) is 4.79 Å². The second-order valence-electron chi connectivity index (χ2n) is 5.29. The third-order valence-electron chi connectivity index (χ3n) is 3.59. The fraction of sp³-hybridized carbons (Fsp3) is 0.100. The lowest BCUT2D eigenvalue weighted by atomic mass is 10.1. The molecule has 4 heteroatoms. The van der Waals surface area contributed by atoms with E-state index < -0.39 is 12.1 Å². The Morgan fingerprint density at radius 2 is 1.71 bits per heavy atom. The molecule has 3 rings (SSSR count). The first-order valence-electron chi connectivity index (χ1n) is 7.53. The third-order valence-corrected chi connectivity index (χ3v) is 3.59. The molecule has 0 aliphatic carbocycles. The van der Waals surface area contributed by atoms with E-state index in [0.717, 1.165) is 10.8 Å².